The van der Waals surface area contributed by atoms with Crippen LogP contribution >= 0.6 is 0 Å². The highest BCUT2D eigenvalue weighted by molar-refractivity contribution is 6.11. The van der Waals surface area contributed by atoms with Crippen molar-refractivity contribution in [3.8, 4) is 17.2 Å². The lowest BCUT2D eigenvalue weighted by Crippen LogP contribution is -2.70. The minimum atomic E-state index is -1.79. The van der Waals surface area contributed by atoms with Gasteiger partial charge in [-0.05, 0) is 184 Å². The molecular weight excluding hydrogens is 869 g/mol. The number of carbonyl (C=O) groups is 2. The molecule has 2 aromatic carbocycles. The van der Waals surface area contributed by atoms with E-state index in [9.17, 15) is 45.3 Å². The molecule has 8 fully saturated rings. The summed E-state index contributed by atoms with van der Waals surface area (Å²) < 4.78 is 26.4. The first-order chi connectivity index (χ1) is 32.6. The lowest BCUT2D eigenvalue weighted by atomic mass is 9.42. The van der Waals surface area contributed by atoms with Crippen LogP contribution in [-0.2, 0) is 14.2 Å². The molecule has 13 atom stereocenters. The van der Waals surface area contributed by atoms with Gasteiger partial charge in [-0.1, -0.05) is 25.3 Å². The number of fused-ring (bicyclic) bond motifs is 4. The second-order valence-corrected chi connectivity index (χ2v) is 24.1. The summed E-state index contributed by atoms with van der Waals surface area (Å²) in [4.78, 5) is 25.1. The number of carboxylic acid groups (broad SMARTS) is 1. The Morgan fingerprint density at radius 2 is 1.62 bits per heavy atom. The summed E-state index contributed by atoms with van der Waals surface area (Å²) >= 11 is 0. The van der Waals surface area contributed by atoms with Crippen LogP contribution in [0.5, 0.6) is 17.2 Å². The maximum Gasteiger partial charge on any atom is 0.335 e. The number of aliphatic hydroxyl groups excluding tert-OH is 4. The SMILES string of the molecule is CC(=O)c1c(C)c(O)c2cc(C(=O)O)cc(O[C@@H]3O[C@H](CO)[C@]4(C[C@@H]5C6=C(CC=C6[C@]6(CCO)COC[C@@H]7C[C@@]8(CC[C@@]9(CCC[C@]9%10CCC9(CCCC9)C%10)C8)C[C@@H]5[C@H]76)CO4)[C@H](O)[C@H]3O)c2c1O. The Morgan fingerprint density at radius 3 is 2.32 bits per heavy atom. The van der Waals surface area contributed by atoms with Gasteiger partial charge in [0.2, 0.25) is 6.29 Å². The zero-order valence-electron chi connectivity index (χ0n) is 39.7. The predicted octanol–water partition coefficient (Wildman–Crippen LogP) is 7.81. The zero-order valence-corrected chi connectivity index (χ0v) is 39.7. The molecule has 0 amide bonds. The van der Waals surface area contributed by atoms with Crippen molar-refractivity contribution in [2.24, 2.45) is 50.7 Å². The fourth-order valence-electron chi connectivity index (χ4n) is 18.8. The number of Topliss-reactive ketones (excluding diaryl/α,β-unsaturated/α-hetero) is 1. The van der Waals surface area contributed by atoms with Crippen LogP contribution in [0.4, 0.5) is 0 Å². The van der Waals surface area contributed by atoms with E-state index >= 15 is 0 Å². The average Bonchev–Trinajstić information content (AvgIpc) is 4.15. The number of aliphatic hydroxyl groups is 4. The number of carboxylic acids is 1. The molecule has 3 heterocycles. The second-order valence-electron chi connectivity index (χ2n) is 24.1. The predicted molar refractivity (Wildman–Crippen MR) is 248 cm³/mol. The third kappa shape index (κ3) is 6.17. The Balaban J connectivity index is 0.906. The molecule has 6 saturated carbocycles. The van der Waals surface area contributed by atoms with E-state index in [0.717, 1.165) is 24.5 Å². The molecule has 13 nitrogen and oxygen atoms in total. The van der Waals surface area contributed by atoms with Gasteiger partial charge in [-0.3, -0.25) is 4.79 Å². The summed E-state index contributed by atoms with van der Waals surface area (Å²) in [5.41, 5.74) is 2.70. The van der Waals surface area contributed by atoms with Gasteiger partial charge in [0.15, 0.2) is 5.78 Å². The summed E-state index contributed by atoms with van der Waals surface area (Å²) in [5, 5.41) is 79.7. The van der Waals surface area contributed by atoms with Crippen molar-refractivity contribution in [1.29, 1.82) is 0 Å². The molecule has 7 N–H and O–H groups in total. The van der Waals surface area contributed by atoms with Crippen LogP contribution in [0, 0.1) is 57.7 Å². The Kier molecular flexibility index (Phi) is 10.5. The average molecular weight is 939 g/mol. The first-order valence-corrected chi connectivity index (χ1v) is 25.9. The number of phenolic OH excluding ortho intramolecular Hbond substituents is 2. The number of allylic oxidation sites excluding steroid dienone is 2. The van der Waals surface area contributed by atoms with Crippen LogP contribution in [0.3, 0.4) is 0 Å². The normalized spacial score (nSPS) is 42.1. The second kappa shape index (κ2) is 15.7. The van der Waals surface area contributed by atoms with Crippen LogP contribution in [0.25, 0.3) is 10.8 Å². The summed E-state index contributed by atoms with van der Waals surface area (Å²) in [7, 11) is 0. The minimum absolute atomic E-state index is 0.0489. The van der Waals surface area contributed by atoms with Gasteiger partial charge in [-0.15, -0.1) is 0 Å². The van der Waals surface area contributed by atoms with Gasteiger partial charge in [0.1, 0.15) is 41.2 Å². The van der Waals surface area contributed by atoms with E-state index in [1.807, 2.05) is 0 Å². The van der Waals surface area contributed by atoms with Gasteiger partial charge < -0.3 is 54.7 Å². The van der Waals surface area contributed by atoms with Crippen molar-refractivity contribution in [3.05, 3.63) is 51.6 Å². The van der Waals surface area contributed by atoms with E-state index < -0.39 is 60.1 Å². The number of hydrogen-bond donors (Lipinski definition) is 7. The van der Waals surface area contributed by atoms with Crippen molar-refractivity contribution < 1.29 is 64.3 Å². The van der Waals surface area contributed by atoms with Crippen molar-refractivity contribution in [1.82, 2.24) is 0 Å². The smallest absolute Gasteiger partial charge is 0.335 e. The number of phenols is 2. The number of benzene rings is 2. The molecule has 7 aliphatic carbocycles. The molecule has 12 rings (SSSR count). The Hall–Kier alpha value is -3.56. The number of ether oxygens (including phenoxy) is 4. The topological polar surface area (TPSA) is 213 Å². The largest absolute Gasteiger partial charge is 0.507 e. The molecule has 5 spiro atoms. The van der Waals surface area contributed by atoms with Crippen molar-refractivity contribution in [3.63, 3.8) is 0 Å². The monoisotopic (exact) mass is 938 g/mol. The van der Waals surface area contributed by atoms with Gasteiger partial charge >= 0.3 is 5.97 Å². The van der Waals surface area contributed by atoms with Gasteiger partial charge in [0, 0.05) is 29.6 Å². The molecule has 368 valence electrons. The molecule has 0 bridgehead atoms. The number of hydrogen-bond acceptors (Lipinski definition) is 12. The first-order valence-electron chi connectivity index (χ1n) is 25.9. The van der Waals surface area contributed by atoms with Crippen molar-refractivity contribution >= 4 is 22.5 Å². The minimum Gasteiger partial charge on any atom is -0.507 e. The van der Waals surface area contributed by atoms with Crippen LogP contribution in [-0.4, -0.2) is 111 Å². The number of ketones is 1. The lowest BCUT2D eigenvalue weighted by molar-refractivity contribution is -0.326. The fraction of sp³-hybridized carbons (Fsp3) is 0.709. The number of aromatic hydroxyl groups is 2. The van der Waals surface area contributed by atoms with Crippen LogP contribution in [0.1, 0.15) is 149 Å². The highest BCUT2D eigenvalue weighted by Crippen LogP contribution is 2.78. The molecule has 2 saturated heterocycles. The Labute approximate surface area is 397 Å². The molecule has 13 heteroatoms. The maximum atomic E-state index is 12.7. The summed E-state index contributed by atoms with van der Waals surface area (Å²) in [6.45, 7) is 3.50. The number of aromatic carboxylic acids is 1. The van der Waals surface area contributed by atoms with E-state index in [0.29, 0.717) is 48.2 Å². The third-order valence-corrected chi connectivity index (χ3v) is 21.2. The highest BCUT2D eigenvalue weighted by Gasteiger charge is 2.70. The summed E-state index contributed by atoms with van der Waals surface area (Å²) in [6, 6.07) is 2.27. The number of carbonyl (C=O) groups excluding carboxylic acids is 1. The zero-order chi connectivity index (χ0) is 47.3. The van der Waals surface area contributed by atoms with E-state index in [-0.39, 0.29) is 81.4 Å². The molecular formula is C55H70O13. The van der Waals surface area contributed by atoms with Gasteiger partial charge in [-0.2, -0.15) is 0 Å². The van der Waals surface area contributed by atoms with Gasteiger partial charge in [0.05, 0.1) is 36.3 Å². The van der Waals surface area contributed by atoms with Crippen molar-refractivity contribution in [2.75, 3.05) is 33.0 Å². The molecule has 2 aromatic rings. The fourth-order valence-corrected chi connectivity index (χ4v) is 18.8. The van der Waals surface area contributed by atoms with Crippen LogP contribution in [0.2, 0.25) is 0 Å². The van der Waals surface area contributed by atoms with Crippen LogP contribution < -0.4 is 4.74 Å². The molecule has 0 radical (unpaired) electrons. The molecule has 3 aliphatic heterocycles. The van der Waals surface area contributed by atoms with Crippen molar-refractivity contribution in [2.45, 2.75) is 160 Å². The Morgan fingerprint density at radius 1 is 0.882 bits per heavy atom. The van der Waals surface area contributed by atoms with Gasteiger partial charge in [-0.25, -0.2) is 4.79 Å². The van der Waals surface area contributed by atoms with Crippen LogP contribution in [0.15, 0.2) is 34.9 Å². The summed E-state index contributed by atoms with van der Waals surface area (Å²) in [5.74, 6) is -2.60. The van der Waals surface area contributed by atoms with E-state index in [2.05, 4.69) is 6.08 Å². The molecule has 0 aromatic heterocycles. The molecule has 68 heavy (non-hydrogen) atoms. The number of rotatable bonds is 7. The quantitative estimate of drug-likeness (QED) is 0.104. The van der Waals surface area contributed by atoms with Gasteiger partial charge in [0.25, 0.3) is 0 Å². The van der Waals surface area contributed by atoms with E-state index in [4.69, 9.17) is 18.9 Å². The first kappa shape index (κ1) is 45.6. The van der Waals surface area contributed by atoms with E-state index in [1.165, 1.54) is 115 Å². The third-order valence-electron chi connectivity index (χ3n) is 21.2. The molecule has 0 unspecified atom stereocenters. The summed E-state index contributed by atoms with van der Waals surface area (Å²) in [6.07, 6.45) is 17.2. The maximum absolute atomic E-state index is 12.7. The standard InChI is InChI=1S/C55H70O13/c1-29-40(30(2)58)45(60)42-34(44(29)59)18-32(48(63)64)19-38(42)67-49-46(61)47(62)55(39(23-57)68-49)22-35-36-21-51(13-15-53(27-51)11-5-10-52(53)14-12-50(26-52)8-3-4-9-50)20-33-24-65-28-54(16-17-56,43(33)36)37-7-6-31(25-66-55)41(35)37/h7,18-19,33,35-36,39,43,46-47,49,56-57,59-62H,3-6,8-17,20-28H2,1-2H3,(H,63,64)/t33-,35-,36-,39+,43-,46+,47+,49+,51-,52+,53-,54-,55+/m0/s1. The lowest BCUT2D eigenvalue weighted by Gasteiger charge is -2.64. The highest BCUT2D eigenvalue weighted by atomic mass is 16.7. The van der Waals surface area contributed by atoms with E-state index in [1.54, 1.807) is 0 Å². The Bertz CT molecular complexity index is 2520. The molecule has 10 aliphatic rings.